The lowest BCUT2D eigenvalue weighted by Crippen LogP contribution is -2.10. The molecule has 0 unspecified atom stereocenters. The summed E-state index contributed by atoms with van der Waals surface area (Å²) in [4.78, 5) is 23.3. The molecule has 0 aliphatic heterocycles. The lowest BCUT2D eigenvalue weighted by atomic mass is 10.2. The van der Waals surface area contributed by atoms with Crippen LogP contribution in [-0.4, -0.2) is 32.3 Å². The van der Waals surface area contributed by atoms with Crippen molar-refractivity contribution in [1.82, 2.24) is 0 Å². The van der Waals surface area contributed by atoms with E-state index in [1.54, 1.807) is 6.07 Å². The fourth-order valence-electron chi connectivity index (χ4n) is 1.51. The van der Waals surface area contributed by atoms with Crippen molar-refractivity contribution >= 4 is 11.9 Å². The highest BCUT2D eigenvalue weighted by Crippen LogP contribution is 2.15. The summed E-state index contributed by atoms with van der Waals surface area (Å²) < 4.78 is 19.8. The average molecular weight is 290 g/mol. The van der Waals surface area contributed by atoms with Crippen LogP contribution < -0.4 is 4.74 Å². The lowest BCUT2D eigenvalue weighted by Gasteiger charge is -2.05. The summed E-state index contributed by atoms with van der Waals surface area (Å²) in [6.07, 6.45) is 1.38. The van der Waals surface area contributed by atoms with Gasteiger partial charge in [0.05, 0.1) is 18.4 Å². The van der Waals surface area contributed by atoms with Gasteiger partial charge in [-0.15, -0.1) is 0 Å². The van der Waals surface area contributed by atoms with Crippen molar-refractivity contribution in [2.45, 2.75) is 0 Å². The Balaban J connectivity index is 1.92. The van der Waals surface area contributed by atoms with Gasteiger partial charge in [0, 0.05) is 7.11 Å². The van der Waals surface area contributed by atoms with E-state index in [0.29, 0.717) is 17.9 Å². The first-order chi connectivity index (χ1) is 10.2. The third-order valence-corrected chi connectivity index (χ3v) is 2.54. The molecule has 0 amide bonds. The van der Waals surface area contributed by atoms with Gasteiger partial charge >= 0.3 is 11.9 Å². The molecule has 0 aliphatic rings. The number of esters is 2. The van der Waals surface area contributed by atoms with Crippen LogP contribution in [0, 0.1) is 0 Å². The van der Waals surface area contributed by atoms with Gasteiger partial charge < -0.3 is 18.6 Å². The Kier molecular flexibility index (Phi) is 5.11. The predicted molar refractivity (Wildman–Crippen MR) is 72.3 cm³/mol. The number of methoxy groups -OCH3 is 1. The molecule has 0 bridgehead atoms. The van der Waals surface area contributed by atoms with E-state index in [1.807, 2.05) is 0 Å². The molecule has 110 valence electrons. The molecule has 1 aromatic carbocycles. The minimum absolute atomic E-state index is 0.109. The fraction of sp³-hybridized carbons (Fsp3) is 0.200. The minimum atomic E-state index is -0.601. The van der Waals surface area contributed by atoms with E-state index in [9.17, 15) is 9.59 Å². The van der Waals surface area contributed by atoms with Crippen LogP contribution in [0.4, 0.5) is 0 Å². The number of hydrogen-bond donors (Lipinski definition) is 0. The molecule has 6 nitrogen and oxygen atoms in total. The Morgan fingerprint density at radius 1 is 1.05 bits per heavy atom. The first-order valence-electron chi connectivity index (χ1n) is 6.22. The van der Waals surface area contributed by atoms with E-state index in [-0.39, 0.29) is 12.4 Å². The van der Waals surface area contributed by atoms with Gasteiger partial charge in [-0.2, -0.15) is 0 Å². The summed E-state index contributed by atoms with van der Waals surface area (Å²) in [5.74, 6) is -0.644. The lowest BCUT2D eigenvalue weighted by molar-refractivity contribution is 0.0388. The van der Waals surface area contributed by atoms with Crippen molar-refractivity contribution in [3.63, 3.8) is 0 Å². The second kappa shape index (κ2) is 7.25. The third kappa shape index (κ3) is 4.19. The molecule has 2 aromatic rings. The molecule has 0 fully saturated rings. The number of benzene rings is 1. The first-order valence-corrected chi connectivity index (χ1v) is 6.22. The zero-order valence-corrected chi connectivity index (χ0v) is 11.4. The standard InChI is InChI=1S/C15H14O6/c1-18-9-10-20-14(16)11-4-6-12(7-5-11)21-15(17)13-3-2-8-19-13/h2-8H,9-10H2,1H3. The first kappa shape index (κ1) is 14.8. The molecule has 21 heavy (non-hydrogen) atoms. The molecule has 0 aliphatic carbocycles. The summed E-state index contributed by atoms with van der Waals surface area (Å²) in [7, 11) is 1.52. The molecule has 0 atom stereocenters. The summed E-state index contributed by atoms with van der Waals surface area (Å²) in [6.45, 7) is 0.523. The molecule has 6 heteroatoms. The van der Waals surface area contributed by atoms with Gasteiger partial charge in [-0.3, -0.25) is 0 Å². The molecule has 1 aromatic heterocycles. The zero-order valence-electron chi connectivity index (χ0n) is 11.4. The Morgan fingerprint density at radius 3 is 2.43 bits per heavy atom. The monoisotopic (exact) mass is 290 g/mol. The molecular weight excluding hydrogens is 276 g/mol. The van der Waals surface area contributed by atoms with Crippen molar-refractivity contribution in [3.05, 3.63) is 54.0 Å². The highest BCUT2D eigenvalue weighted by Gasteiger charge is 2.12. The summed E-state index contributed by atoms with van der Waals surface area (Å²) >= 11 is 0. The number of carbonyl (C=O) groups is 2. The molecule has 0 N–H and O–H groups in total. The van der Waals surface area contributed by atoms with Gasteiger partial charge in [0.1, 0.15) is 12.4 Å². The normalized spacial score (nSPS) is 10.1. The largest absolute Gasteiger partial charge is 0.460 e. The molecular formula is C15H14O6. The SMILES string of the molecule is COCCOC(=O)c1ccc(OC(=O)c2ccco2)cc1. The molecule has 2 rings (SSSR count). The van der Waals surface area contributed by atoms with Crippen molar-refractivity contribution in [3.8, 4) is 5.75 Å². The van der Waals surface area contributed by atoms with Gasteiger partial charge in [0.2, 0.25) is 5.76 Å². The molecule has 1 heterocycles. The minimum Gasteiger partial charge on any atom is -0.460 e. The maximum Gasteiger partial charge on any atom is 0.379 e. The van der Waals surface area contributed by atoms with E-state index in [1.165, 1.54) is 43.7 Å². The molecule has 0 radical (unpaired) electrons. The van der Waals surface area contributed by atoms with Crippen molar-refractivity contribution in [2.24, 2.45) is 0 Å². The van der Waals surface area contributed by atoms with E-state index in [0.717, 1.165) is 0 Å². The topological polar surface area (TPSA) is 75.0 Å². The van der Waals surface area contributed by atoms with Crippen LogP contribution in [0.25, 0.3) is 0 Å². The maximum absolute atomic E-state index is 11.6. The summed E-state index contributed by atoms with van der Waals surface area (Å²) in [5.41, 5.74) is 0.365. The molecule has 0 saturated heterocycles. The highest BCUT2D eigenvalue weighted by atomic mass is 16.6. The van der Waals surface area contributed by atoms with Gasteiger partial charge in [0.15, 0.2) is 0 Å². The predicted octanol–water partition coefficient (Wildman–Crippen LogP) is 2.30. The van der Waals surface area contributed by atoms with Crippen molar-refractivity contribution in [1.29, 1.82) is 0 Å². The van der Waals surface area contributed by atoms with Gasteiger partial charge in [-0.1, -0.05) is 0 Å². The van der Waals surface area contributed by atoms with Crippen LogP contribution in [-0.2, 0) is 9.47 Å². The Hall–Kier alpha value is -2.60. The van der Waals surface area contributed by atoms with Gasteiger partial charge in [-0.25, -0.2) is 9.59 Å². The number of rotatable bonds is 6. The fourth-order valence-corrected chi connectivity index (χ4v) is 1.51. The second-order valence-corrected chi connectivity index (χ2v) is 4.02. The number of hydrogen-bond acceptors (Lipinski definition) is 6. The van der Waals surface area contributed by atoms with E-state index in [2.05, 4.69) is 0 Å². The molecule has 0 saturated carbocycles. The zero-order chi connectivity index (χ0) is 15.1. The van der Waals surface area contributed by atoms with Crippen molar-refractivity contribution < 1.29 is 28.2 Å². The Labute approximate surface area is 121 Å². The van der Waals surface area contributed by atoms with Crippen LogP contribution in [0.1, 0.15) is 20.9 Å². The molecule has 0 spiro atoms. The number of carbonyl (C=O) groups excluding carboxylic acids is 2. The quantitative estimate of drug-likeness (QED) is 0.461. The number of furan rings is 1. The van der Waals surface area contributed by atoms with Gasteiger partial charge in [-0.05, 0) is 36.4 Å². The van der Waals surface area contributed by atoms with Crippen LogP contribution in [0.15, 0.2) is 47.1 Å². The number of ether oxygens (including phenoxy) is 3. The Morgan fingerprint density at radius 2 is 1.81 bits per heavy atom. The van der Waals surface area contributed by atoms with Crippen LogP contribution >= 0.6 is 0 Å². The average Bonchev–Trinajstić information content (AvgIpc) is 3.02. The second-order valence-electron chi connectivity index (χ2n) is 4.02. The summed E-state index contributed by atoms with van der Waals surface area (Å²) in [6, 6.07) is 9.14. The van der Waals surface area contributed by atoms with Crippen LogP contribution in [0.3, 0.4) is 0 Å². The Bertz CT molecular complexity index is 585. The van der Waals surface area contributed by atoms with E-state index in [4.69, 9.17) is 18.6 Å². The van der Waals surface area contributed by atoms with E-state index < -0.39 is 11.9 Å². The van der Waals surface area contributed by atoms with Crippen LogP contribution in [0.2, 0.25) is 0 Å². The highest BCUT2D eigenvalue weighted by molar-refractivity contribution is 5.90. The maximum atomic E-state index is 11.6. The summed E-state index contributed by atoms with van der Waals surface area (Å²) in [5, 5.41) is 0. The van der Waals surface area contributed by atoms with Crippen molar-refractivity contribution in [2.75, 3.05) is 20.3 Å². The van der Waals surface area contributed by atoms with Gasteiger partial charge in [0.25, 0.3) is 0 Å². The smallest absolute Gasteiger partial charge is 0.379 e. The third-order valence-electron chi connectivity index (χ3n) is 2.54. The van der Waals surface area contributed by atoms with E-state index >= 15 is 0 Å². The van der Waals surface area contributed by atoms with Crippen LogP contribution in [0.5, 0.6) is 5.75 Å².